The van der Waals surface area contributed by atoms with Crippen molar-refractivity contribution in [2.24, 2.45) is 0 Å². The second-order valence-corrected chi connectivity index (χ2v) is 6.06. The molecule has 1 atom stereocenters. The summed E-state index contributed by atoms with van der Waals surface area (Å²) in [5.74, 6) is 0.0618. The van der Waals surface area contributed by atoms with Crippen molar-refractivity contribution in [2.45, 2.75) is 58.5 Å². The lowest BCUT2D eigenvalue weighted by Gasteiger charge is -2.28. The third-order valence-electron chi connectivity index (χ3n) is 4.18. The molecular formula is C17H27N3O. The monoisotopic (exact) mass is 289 g/mol. The zero-order chi connectivity index (χ0) is 15.4. The summed E-state index contributed by atoms with van der Waals surface area (Å²) in [6.45, 7) is 7.18. The van der Waals surface area contributed by atoms with E-state index in [4.69, 9.17) is 5.73 Å². The van der Waals surface area contributed by atoms with Crippen LogP contribution in [-0.4, -0.2) is 29.4 Å². The molecule has 3 N–H and O–H groups in total. The van der Waals surface area contributed by atoms with Gasteiger partial charge in [-0.2, -0.15) is 0 Å². The molecule has 21 heavy (non-hydrogen) atoms. The van der Waals surface area contributed by atoms with Crippen LogP contribution in [0.1, 0.15) is 45.1 Å². The average molecular weight is 289 g/mol. The molecular weight excluding hydrogens is 262 g/mol. The number of benzene rings is 1. The Bertz CT molecular complexity index is 497. The SMILES string of the molecule is CCCCN(C1CC1)C(C)C(=O)Nc1cc(N)ccc1C. The summed E-state index contributed by atoms with van der Waals surface area (Å²) in [7, 11) is 0. The molecule has 2 rings (SSSR count). The summed E-state index contributed by atoms with van der Waals surface area (Å²) in [5, 5.41) is 3.03. The van der Waals surface area contributed by atoms with Gasteiger partial charge in [0.05, 0.1) is 6.04 Å². The summed E-state index contributed by atoms with van der Waals surface area (Å²) in [6, 6.07) is 6.12. The molecule has 0 spiro atoms. The van der Waals surface area contributed by atoms with Crippen LogP contribution in [0.2, 0.25) is 0 Å². The first kappa shape index (κ1) is 15.8. The largest absolute Gasteiger partial charge is 0.399 e. The number of hydrogen-bond donors (Lipinski definition) is 2. The van der Waals surface area contributed by atoms with E-state index in [0.29, 0.717) is 11.7 Å². The molecule has 0 aliphatic heterocycles. The van der Waals surface area contributed by atoms with Crippen LogP contribution in [-0.2, 0) is 4.79 Å². The number of rotatable bonds is 7. The standard InChI is InChI=1S/C17H27N3O/c1-4-5-10-20(15-8-9-15)13(3)17(21)19-16-11-14(18)7-6-12(16)2/h6-7,11,13,15H,4-5,8-10,18H2,1-3H3,(H,19,21). The quantitative estimate of drug-likeness (QED) is 0.758. The summed E-state index contributed by atoms with van der Waals surface area (Å²) in [6.07, 6.45) is 4.74. The van der Waals surface area contributed by atoms with Gasteiger partial charge in [-0.05, 0) is 57.4 Å². The summed E-state index contributed by atoms with van der Waals surface area (Å²) in [4.78, 5) is 14.9. The second kappa shape index (κ2) is 6.94. The number of nitrogens with one attached hydrogen (secondary N) is 1. The van der Waals surface area contributed by atoms with Gasteiger partial charge in [-0.25, -0.2) is 0 Å². The summed E-state index contributed by atoms with van der Waals surface area (Å²) >= 11 is 0. The van der Waals surface area contributed by atoms with Crippen LogP contribution in [0.5, 0.6) is 0 Å². The van der Waals surface area contributed by atoms with Crippen LogP contribution in [0.4, 0.5) is 11.4 Å². The van der Waals surface area contributed by atoms with Crippen LogP contribution in [0, 0.1) is 6.92 Å². The lowest BCUT2D eigenvalue weighted by Crippen LogP contribution is -2.44. The second-order valence-electron chi connectivity index (χ2n) is 6.06. The third kappa shape index (κ3) is 4.21. The maximum atomic E-state index is 12.5. The Morgan fingerprint density at radius 1 is 1.48 bits per heavy atom. The molecule has 1 aliphatic carbocycles. The van der Waals surface area contributed by atoms with Crippen molar-refractivity contribution >= 4 is 17.3 Å². The summed E-state index contributed by atoms with van der Waals surface area (Å²) in [5.41, 5.74) is 8.33. The van der Waals surface area contributed by atoms with Gasteiger partial charge in [0.1, 0.15) is 0 Å². The molecule has 1 saturated carbocycles. The number of anilines is 2. The number of nitrogens with zero attached hydrogens (tertiary/aromatic N) is 1. The van der Waals surface area contributed by atoms with Crippen LogP contribution in [0.15, 0.2) is 18.2 Å². The Balaban J connectivity index is 2.02. The van der Waals surface area contributed by atoms with Gasteiger partial charge in [0.2, 0.25) is 5.91 Å². The van der Waals surface area contributed by atoms with Gasteiger partial charge in [-0.15, -0.1) is 0 Å². The first-order valence-electron chi connectivity index (χ1n) is 7.95. The van der Waals surface area contributed by atoms with Crippen molar-refractivity contribution in [3.63, 3.8) is 0 Å². The number of hydrogen-bond acceptors (Lipinski definition) is 3. The van der Waals surface area contributed by atoms with E-state index in [1.165, 1.54) is 12.8 Å². The van der Waals surface area contributed by atoms with E-state index in [0.717, 1.165) is 30.6 Å². The van der Waals surface area contributed by atoms with Crippen LogP contribution in [0.3, 0.4) is 0 Å². The fourth-order valence-corrected chi connectivity index (χ4v) is 2.60. The highest BCUT2D eigenvalue weighted by molar-refractivity contribution is 5.95. The van der Waals surface area contributed by atoms with E-state index in [-0.39, 0.29) is 11.9 Å². The number of aryl methyl sites for hydroxylation is 1. The van der Waals surface area contributed by atoms with Crippen molar-refractivity contribution in [2.75, 3.05) is 17.6 Å². The number of carbonyl (C=O) groups is 1. The molecule has 1 aliphatic rings. The third-order valence-corrected chi connectivity index (χ3v) is 4.18. The van der Waals surface area contributed by atoms with Gasteiger partial charge in [-0.1, -0.05) is 19.4 Å². The van der Waals surface area contributed by atoms with E-state index in [1.807, 2.05) is 32.0 Å². The highest BCUT2D eigenvalue weighted by atomic mass is 16.2. The fraction of sp³-hybridized carbons (Fsp3) is 0.588. The first-order chi connectivity index (χ1) is 10.0. The minimum Gasteiger partial charge on any atom is -0.399 e. The normalized spacial score (nSPS) is 16.0. The molecule has 0 saturated heterocycles. The predicted molar refractivity (Wildman–Crippen MR) is 88.3 cm³/mol. The Hall–Kier alpha value is -1.55. The van der Waals surface area contributed by atoms with Crippen molar-refractivity contribution in [3.8, 4) is 0 Å². The van der Waals surface area contributed by atoms with E-state index < -0.39 is 0 Å². The molecule has 4 heteroatoms. The summed E-state index contributed by atoms with van der Waals surface area (Å²) < 4.78 is 0. The van der Waals surface area contributed by atoms with Gasteiger partial charge >= 0.3 is 0 Å². The average Bonchev–Trinajstić information content (AvgIpc) is 3.27. The number of carbonyl (C=O) groups excluding carboxylic acids is 1. The maximum Gasteiger partial charge on any atom is 0.241 e. The van der Waals surface area contributed by atoms with Crippen molar-refractivity contribution in [3.05, 3.63) is 23.8 Å². The number of amides is 1. The molecule has 1 fully saturated rings. The predicted octanol–water partition coefficient (Wildman–Crippen LogP) is 3.17. The van der Waals surface area contributed by atoms with Gasteiger partial charge in [0, 0.05) is 17.4 Å². The highest BCUT2D eigenvalue weighted by Gasteiger charge is 2.34. The molecule has 1 aromatic carbocycles. The van der Waals surface area contributed by atoms with Gasteiger partial charge < -0.3 is 11.1 Å². The Labute approximate surface area is 127 Å². The molecule has 1 aromatic rings. The molecule has 116 valence electrons. The Morgan fingerprint density at radius 3 is 2.81 bits per heavy atom. The molecule has 1 unspecified atom stereocenters. The number of unbranched alkanes of at least 4 members (excludes halogenated alkanes) is 1. The van der Waals surface area contributed by atoms with E-state index in [2.05, 4.69) is 17.1 Å². The van der Waals surface area contributed by atoms with Gasteiger partial charge in [0.15, 0.2) is 0 Å². The maximum absolute atomic E-state index is 12.5. The zero-order valence-corrected chi connectivity index (χ0v) is 13.4. The fourth-order valence-electron chi connectivity index (χ4n) is 2.60. The number of nitrogens with two attached hydrogens (primary N) is 1. The molecule has 4 nitrogen and oxygen atoms in total. The smallest absolute Gasteiger partial charge is 0.241 e. The van der Waals surface area contributed by atoms with E-state index in [1.54, 1.807) is 0 Å². The minimum absolute atomic E-state index is 0.0618. The van der Waals surface area contributed by atoms with Crippen LogP contribution >= 0.6 is 0 Å². The molecule has 0 radical (unpaired) electrons. The zero-order valence-electron chi connectivity index (χ0n) is 13.4. The van der Waals surface area contributed by atoms with E-state index in [9.17, 15) is 4.79 Å². The molecule has 0 heterocycles. The molecule has 0 bridgehead atoms. The Kier molecular flexibility index (Phi) is 5.23. The first-order valence-corrected chi connectivity index (χ1v) is 7.95. The highest BCUT2D eigenvalue weighted by Crippen LogP contribution is 2.29. The Morgan fingerprint density at radius 2 is 2.19 bits per heavy atom. The van der Waals surface area contributed by atoms with E-state index >= 15 is 0 Å². The van der Waals surface area contributed by atoms with Gasteiger partial charge in [0.25, 0.3) is 0 Å². The minimum atomic E-state index is -0.0927. The van der Waals surface area contributed by atoms with Crippen LogP contribution < -0.4 is 11.1 Å². The van der Waals surface area contributed by atoms with Gasteiger partial charge in [-0.3, -0.25) is 9.69 Å². The van der Waals surface area contributed by atoms with Crippen molar-refractivity contribution < 1.29 is 4.79 Å². The van der Waals surface area contributed by atoms with Crippen molar-refractivity contribution in [1.82, 2.24) is 4.90 Å². The number of nitrogen functional groups attached to an aromatic ring is 1. The van der Waals surface area contributed by atoms with Crippen molar-refractivity contribution in [1.29, 1.82) is 0 Å². The molecule has 1 amide bonds. The molecule has 0 aromatic heterocycles. The van der Waals surface area contributed by atoms with Crippen LogP contribution in [0.25, 0.3) is 0 Å². The lowest BCUT2D eigenvalue weighted by atomic mass is 10.1. The topological polar surface area (TPSA) is 58.4 Å². The lowest BCUT2D eigenvalue weighted by molar-refractivity contribution is -0.121.